The Morgan fingerprint density at radius 1 is 1.10 bits per heavy atom. The van der Waals surface area contributed by atoms with E-state index in [4.69, 9.17) is 4.74 Å². The molecule has 1 aliphatic carbocycles. The van der Waals surface area contributed by atoms with Crippen molar-refractivity contribution in [2.75, 3.05) is 6.54 Å². The van der Waals surface area contributed by atoms with Crippen LogP contribution in [-0.2, 0) is 0 Å². The highest BCUT2D eigenvalue weighted by molar-refractivity contribution is 5.69. The van der Waals surface area contributed by atoms with Crippen LogP contribution >= 0.6 is 0 Å². The van der Waals surface area contributed by atoms with Gasteiger partial charge >= 0.3 is 6.09 Å². The second-order valence-electron chi connectivity index (χ2n) is 5.56. The van der Waals surface area contributed by atoms with E-state index in [-0.39, 0.29) is 0 Å². The predicted octanol–water partition coefficient (Wildman–Crippen LogP) is 4.54. The molecule has 1 fully saturated rings. The van der Waals surface area contributed by atoms with Crippen molar-refractivity contribution in [3.8, 4) is 5.75 Å². The fourth-order valence-corrected chi connectivity index (χ4v) is 2.82. The van der Waals surface area contributed by atoms with E-state index in [0.717, 1.165) is 12.3 Å². The highest BCUT2D eigenvalue weighted by atomic mass is 16.5. The molecule has 1 aromatic carbocycles. The first-order valence-corrected chi connectivity index (χ1v) is 7.79. The molecule has 0 bridgehead atoms. The highest BCUT2D eigenvalue weighted by Gasteiger charge is 2.12. The lowest BCUT2D eigenvalue weighted by Crippen LogP contribution is -2.21. The molecule has 0 N–H and O–H groups in total. The van der Waals surface area contributed by atoms with Crippen LogP contribution in [0.4, 0.5) is 4.79 Å². The van der Waals surface area contributed by atoms with Gasteiger partial charge in [-0.2, -0.15) is 0 Å². The average Bonchev–Trinajstić information content (AvgIpc) is 2.73. The first kappa shape index (κ1) is 14.9. The Morgan fingerprint density at radius 3 is 2.50 bits per heavy atom. The minimum atomic E-state index is -0.475. The van der Waals surface area contributed by atoms with Crippen molar-refractivity contribution in [3.63, 3.8) is 0 Å². The Bertz CT molecular complexity index is 383. The molecule has 0 heterocycles. The van der Waals surface area contributed by atoms with Gasteiger partial charge in [0.05, 0.1) is 0 Å². The van der Waals surface area contributed by atoms with Crippen LogP contribution in [0.3, 0.4) is 0 Å². The molecule has 1 amide bonds. The third-order valence-corrected chi connectivity index (χ3v) is 3.93. The fourth-order valence-electron chi connectivity index (χ4n) is 2.82. The Balaban J connectivity index is 1.57. The standard InChI is InChI=1S/C17H24NO2/c19-17(20-16-12-6-3-7-13-16)18-14-8-11-15-9-4-1-2-5-10-15/h3,6-7,12-13,15H,1-2,4-5,8-11,14H2. The Morgan fingerprint density at radius 2 is 1.80 bits per heavy atom. The molecule has 2 rings (SSSR count). The quantitative estimate of drug-likeness (QED) is 0.584. The topological polar surface area (TPSA) is 40.4 Å². The molecule has 1 aliphatic rings. The zero-order chi connectivity index (χ0) is 14.0. The monoisotopic (exact) mass is 274 g/mol. The molecule has 3 heteroatoms. The zero-order valence-electron chi connectivity index (χ0n) is 12.1. The van der Waals surface area contributed by atoms with Gasteiger partial charge in [-0.3, -0.25) is 0 Å². The van der Waals surface area contributed by atoms with E-state index in [2.05, 4.69) is 5.32 Å². The van der Waals surface area contributed by atoms with E-state index in [1.807, 2.05) is 18.2 Å². The minimum Gasteiger partial charge on any atom is -0.409 e. The number of carbonyl (C=O) groups excluding carboxylic acids is 1. The van der Waals surface area contributed by atoms with Crippen molar-refractivity contribution in [2.24, 2.45) is 5.92 Å². The van der Waals surface area contributed by atoms with Gasteiger partial charge in [-0.1, -0.05) is 56.7 Å². The summed E-state index contributed by atoms with van der Waals surface area (Å²) in [6.07, 6.45) is 9.96. The molecule has 3 nitrogen and oxygen atoms in total. The normalized spacial score (nSPS) is 16.4. The third-order valence-electron chi connectivity index (χ3n) is 3.93. The number of hydrogen-bond donors (Lipinski definition) is 0. The molecule has 0 unspecified atom stereocenters. The number of benzene rings is 1. The maximum Gasteiger partial charge on any atom is 0.434 e. The molecule has 0 aromatic heterocycles. The van der Waals surface area contributed by atoms with Crippen LogP contribution < -0.4 is 10.1 Å². The molecular formula is C17H24NO2. The van der Waals surface area contributed by atoms with Gasteiger partial charge in [-0.25, -0.2) is 10.1 Å². The largest absolute Gasteiger partial charge is 0.434 e. The summed E-state index contributed by atoms with van der Waals surface area (Å²) in [5.41, 5.74) is 0. The van der Waals surface area contributed by atoms with E-state index in [0.29, 0.717) is 12.3 Å². The number of hydrogen-bond acceptors (Lipinski definition) is 2. The first-order valence-electron chi connectivity index (χ1n) is 7.79. The molecule has 1 radical (unpaired) electrons. The van der Waals surface area contributed by atoms with E-state index < -0.39 is 6.09 Å². The van der Waals surface area contributed by atoms with Crippen LogP contribution in [0.2, 0.25) is 0 Å². The van der Waals surface area contributed by atoms with Gasteiger partial charge < -0.3 is 4.74 Å². The number of amides is 1. The molecule has 1 aromatic rings. The average molecular weight is 274 g/mol. The third kappa shape index (κ3) is 5.64. The summed E-state index contributed by atoms with van der Waals surface area (Å²) in [5.74, 6) is 1.41. The second-order valence-corrected chi connectivity index (χ2v) is 5.56. The van der Waals surface area contributed by atoms with E-state index in [1.54, 1.807) is 12.1 Å². The lowest BCUT2D eigenvalue weighted by molar-refractivity contribution is 0.199. The van der Waals surface area contributed by atoms with E-state index in [1.165, 1.54) is 44.9 Å². The van der Waals surface area contributed by atoms with Crippen LogP contribution in [0.1, 0.15) is 51.4 Å². The molecule has 1 saturated carbocycles. The number of rotatable bonds is 5. The van der Waals surface area contributed by atoms with Crippen LogP contribution in [0, 0.1) is 5.92 Å². The van der Waals surface area contributed by atoms with Gasteiger partial charge in [0, 0.05) is 6.54 Å². The van der Waals surface area contributed by atoms with Crippen molar-refractivity contribution < 1.29 is 9.53 Å². The van der Waals surface area contributed by atoms with Crippen LogP contribution in [0.5, 0.6) is 5.75 Å². The smallest absolute Gasteiger partial charge is 0.409 e. The molecule has 109 valence electrons. The lowest BCUT2D eigenvalue weighted by atomic mass is 9.95. The van der Waals surface area contributed by atoms with Crippen molar-refractivity contribution in [3.05, 3.63) is 30.3 Å². The van der Waals surface area contributed by atoms with Gasteiger partial charge in [-0.05, 0) is 30.9 Å². The van der Waals surface area contributed by atoms with Gasteiger partial charge in [0.15, 0.2) is 0 Å². The Kier molecular flexibility index (Phi) is 6.42. The Labute approximate surface area is 121 Å². The van der Waals surface area contributed by atoms with Crippen LogP contribution in [0.25, 0.3) is 0 Å². The number of nitrogens with zero attached hydrogens (tertiary/aromatic N) is 1. The number of para-hydroxylation sites is 1. The van der Waals surface area contributed by atoms with E-state index in [9.17, 15) is 4.79 Å². The molecule has 0 atom stereocenters. The van der Waals surface area contributed by atoms with Crippen LogP contribution in [-0.4, -0.2) is 12.6 Å². The number of ether oxygens (including phenoxy) is 1. The summed E-state index contributed by atoms with van der Waals surface area (Å²) in [4.78, 5) is 11.5. The summed E-state index contributed by atoms with van der Waals surface area (Å²) < 4.78 is 5.12. The zero-order valence-corrected chi connectivity index (χ0v) is 12.1. The summed E-state index contributed by atoms with van der Waals surface area (Å²) in [5, 5.41) is 3.97. The summed E-state index contributed by atoms with van der Waals surface area (Å²) >= 11 is 0. The highest BCUT2D eigenvalue weighted by Crippen LogP contribution is 2.26. The van der Waals surface area contributed by atoms with Crippen molar-refractivity contribution >= 4 is 6.09 Å². The lowest BCUT2D eigenvalue weighted by Gasteiger charge is -2.13. The van der Waals surface area contributed by atoms with Gasteiger partial charge in [-0.15, -0.1) is 0 Å². The maximum absolute atomic E-state index is 11.5. The molecular weight excluding hydrogens is 250 g/mol. The van der Waals surface area contributed by atoms with Crippen molar-refractivity contribution in [2.45, 2.75) is 51.4 Å². The maximum atomic E-state index is 11.5. The van der Waals surface area contributed by atoms with Gasteiger partial charge in [0.1, 0.15) is 5.75 Å². The van der Waals surface area contributed by atoms with Crippen molar-refractivity contribution in [1.29, 1.82) is 0 Å². The minimum absolute atomic E-state index is 0.475. The predicted molar refractivity (Wildman–Crippen MR) is 79.9 cm³/mol. The van der Waals surface area contributed by atoms with Crippen molar-refractivity contribution in [1.82, 2.24) is 5.32 Å². The van der Waals surface area contributed by atoms with Gasteiger partial charge in [0.25, 0.3) is 0 Å². The van der Waals surface area contributed by atoms with Crippen LogP contribution in [0.15, 0.2) is 30.3 Å². The molecule has 0 aliphatic heterocycles. The second kappa shape index (κ2) is 8.62. The van der Waals surface area contributed by atoms with Gasteiger partial charge in [0.2, 0.25) is 0 Å². The summed E-state index contributed by atoms with van der Waals surface area (Å²) in [7, 11) is 0. The fraction of sp³-hybridized carbons (Fsp3) is 0.588. The molecule has 0 saturated heterocycles. The first-order chi connectivity index (χ1) is 9.84. The van der Waals surface area contributed by atoms with E-state index >= 15 is 0 Å². The molecule has 20 heavy (non-hydrogen) atoms. The molecule has 0 spiro atoms. The summed E-state index contributed by atoms with van der Waals surface area (Å²) in [6, 6.07) is 9.10. The Hall–Kier alpha value is -1.51. The SMILES string of the molecule is O=C([N]CCCC1CCCCCC1)Oc1ccccc1. The summed E-state index contributed by atoms with van der Waals surface area (Å²) in [6.45, 7) is 0.585. The number of carbonyl (C=O) groups is 1.